The van der Waals surface area contributed by atoms with Crippen molar-refractivity contribution in [3.05, 3.63) is 0 Å². The SMILES string of the molecule is CC1C(=O)OC(=O)N1C. The molecule has 0 aromatic carbocycles. The van der Waals surface area contributed by atoms with Gasteiger partial charge >= 0.3 is 12.1 Å². The van der Waals surface area contributed by atoms with E-state index in [0.717, 1.165) is 0 Å². The van der Waals surface area contributed by atoms with Gasteiger partial charge in [-0.25, -0.2) is 9.59 Å². The molecule has 1 heterocycles. The molecule has 0 N–H and O–H groups in total. The minimum atomic E-state index is -0.563. The van der Waals surface area contributed by atoms with E-state index in [0.29, 0.717) is 0 Å². The van der Waals surface area contributed by atoms with Crippen LogP contribution >= 0.6 is 0 Å². The van der Waals surface area contributed by atoms with Crippen LogP contribution in [0.25, 0.3) is 0 Å². The minimum absolute atomic E-state index is 0.419. The second-order valence-electron chi connectivity index (χ2n) is 1.97. The third-order valence-corrected chi connectivity index (χ3v) is 1.40. The molecule has 1 fully saturated rings. The Bertz CT molecular complexity index is 148. The number of esters is 1. The van der Waals surface area contributed by atoms with E-state index in [9.17, 15) is 9.59 Å². The first-order valence-electron chi connectivity index (χ1n) is 2.61. The summed E-state index contributed by atoms with van der Waals surface area (Å²) < 4.78 is 4.23. The largest absolute Gasteiger partial charge is 0.418 e. The summed E-state index contributed by atoms with van der Waals surface area (Å²) in [5.41, 5.74) is 0. The number of carbonyl (C=O) groups is 2. The molecule has 1 amide bonds. The number of carbonyl (C=O) groups excluding carboxylic acids is 2. The summed E-state index contributed by atoms with van der Waals surface area (Å²) in [4.78, 5) is 22.2. The van der Waals surface area contributed by atoms with Crippen molar-refractivity contribution in [2.75, 3.05) is 7.05 Å². The van der Waals surface area contributed by atoms with Gasteiger partial charge in [0.1, 0.15) is 6.04 Å². The molecule has 4 nitrogen and oxygen atoms in total. The zero-order valence-corrected chi connectivity index (χ0v) is 5.25. The lowest BCUT2D eigenvalue weighted by Gasteiger charge is -2.06. The number of rotatable bonds is 0. The molecular weight excluding hydrogens is 122 g/mol. The molecular formula is C5H7NO3. The first-order valence-corrected chi connectivity index (χ1v) is 2.61. The van der Waals surface area contributed by atoms with Crippen molar-refractivity contribution < 1.29 is 14.3 Å². The van der Waals surface area contributed by atoms with Crippen molar-refractivity contribution in [2.45, 2.75) is 13.0 Å². The highest BCUT2D eigenvalue weighted by molar-refractivity contribution is 5.94. The van der Waals surface area contributed by atoms with Gasteiger partial charge in [0.15, 0.2) is 0 Å². The summed E-state index contributed by atoms with van der Waals surface area (Å²) in [6.07, 6.45) is -0.563. The van der Waals surface area contributed by atoms with E-state index in [1.807, 2.05) is 0 Å². The number of hydrogen-bond donors (Lipinski definition) is 0. The van der Waals surface area contributed by atoms with Crippen LogP contribution in [0.3, 0.4) is 0 Å². The summed E-state index contributed by atoms with van der Waals surface area (Å²) in [5, 5.41) is 0. The van der Waals surface area contributed by atoms with E-state index in [1.54, 1.807) is 6.92 Å². The molecule has 1 atom stereocenters. The fraction of sp³-hybridized carbons (Fsp3) is 0.600. The van der Waals surface area contributed by atoms with Crippen LogP contribution in [0.2, 0.25) is 0 Å². The van der Waals surface area contributed by atoms with E-state index in [-0.39, 0.29) is 0 Å². The van der Waals surface area contributed by atoms with Gasteiger partial charge in [-0.3, -0.25) is 4.90 Å². The lowest BCUT2D eigenvalue weighted by atomic mass is 10.3. The van der Waals surface area contributed by atoms with Gasteiger partial charge in [0, 0.05) is 7.05 Å². The zero-order valence-electron chi connectivity index (χ0n) is 5.25. The molecule has 0 spiro atoms. The van der Waals surface area contributed by atoms with Crippen LogP contribution in [0, 0.1) is 0 Å². The van der Waals surface area contributed by atoms with E-state index in [1.165, 1.54) is 11.9 Å². The fourth-order valence-electron chi connectivity index (χ4n) is 0.560. The van der Waals surface area contributed by atoms with E-state index < -0.39 is 18.1 Å². The van der Waals surface area contributed by atoms with Crippen LogP contribution < -0.4 is 0 Å². The Morgan fingerprint density at radius 2 is 2.11 bits per heavy atom. The standard InChI is InChI=1S/C5H7NO3/c1-3-4(7)9-5(8)6(3)2/h3H,1-2H3. The molecule has 0 aromatic heterocycles. The second-order valence-corrected chi connectivity index (χ2v) is 1.97. The Kier molecular flexibility index (Phi) is 1.16. The van der Waals surface area contributed by atoms with Crippen LogP contribution in [0.15, 0.2) is 0 Å². The Labute approximate surface area is 52.4 Å². The predicted molar refractivity (Wildman–Crippen MR) is 28.7 cm³/mol. The van der Waals surface area contributed by atoms with Crippen LogP contribution in [-0.4, -0.2) is 30.1 Å². The van der Waals surface area contributed by atoms with Gasteiger partial charge in [-0.05, 0) is 6.92 Å². The molecule has 1 unspecified atom stereocenters. The molecule has 0 bridgehead atoms. The molecule has 1 rings (SSSR count). The maximum atomic E-state index is 10.5. The molecule has 4 heteroatoms. The maximum Gasteiger partial charge on any atom is 0.418 e. The van der Waals surface area contributed by atoms with Crippen LogP contribution in [0.5, 0.6) is 0 Å². The summed E-state index contributed by atoms with van der Waals surface area (Å²) in [7, 11) is 1.53. The Morgan fingerprint density at radius 3 is 2.22 bits per heavy atom. The van der Waals surface area contributed by atoms with Crippen molar-refractivity contribution in [3.63, 3.8) is 0 Å². The van der Waals surface area contributed by atoms with Gasteiger partial charge in [-0.1, -0.05) is 0 Å². The number of ether oxygens (including phenoxy) is 1. The fourth-order valence-corrected chi connectivity index (χ4v) is 0.560. The van der Waals surface area contributed by atoms with Crippen molar-refractivity contribution in [1.82, 2.24) is 4.90 Å². The summed E-state index contributed by atoms with van der Waals surface area (Å²) >= 11 is 0. The average molecular weight is 129 g/mol. The molecule has 50 valence electrons. The monoisotopic (exact) mass is 129 g/mol. The summed E-state index contributed by atoms with van der Waals surface area (Å²) in [6.45, 7) is 1.62. The number of amides is 1. The van der Waals surface area contributed by atoms with E-state index in [2.05, 4.69) is 4.74 Å². The molecule has 0 radical (unpaired) electrons. The van der Waals surface area contributed by atoms with E-state index >= 15 is 0 Å². The average Bonchev–Trinajstić information content (AvgIpc) is 1.98. The molecule has 9 heavy (non-hydrogen) atoms. The van der Waals surface area contributed by atoms with Gasteiger partial charge in [0.25, 0.3) is 0 Å². The van der Waals surface area contributed by atoms with Gasteiger partial charge in [0.05, 0.1) is 0 Å². The van der Waals surface area contributed by atoms with Crippen LogP contribution in [-0.2, 0) is 9.53 Å². The van der Waals surface area contributed by atoms with Crippen molar-refractivity contribution >= 4 is 12.1 Å². The van der Waals surface area contributed by atoms with Crippen molar-refractivity contribution in [1.29, 1.82) is 0 Å². The third-order valence-electron chi connectivity index (χ3n) is 1.40. The predicted octanol–water partition coefficient (Wildman–Crippen LogP) is -0.0165. The summed E-state index contributed by atoms with van der Waals surface area (Å²) in [5.74, 6) is -0.470. The molecule has 1 saturated heterocycles. The van der Waals surface area contributed by atoms with Gasteiger partial charge in [-0.2, -0.15) is 0 Å². The van der Waals surface area contributed by atoms with Crippen LogP contribution in [0.1, 0.15) is 6.92 Å². The summed E-state index contributed by atoms with van der Waals surface area (Å²) in [6, 6.07) is -0.419. The zero-order chi connectivity index (χ0) is 7.02. The quantitative estimate of drug-likeness (QED) is 0.341. The highest BCUT2D eigenvalue weighted by Gasteiger charge is 2.34. The highest BCUT2D eigenvalue weighted by Crippen LogP contribution is 2.09. The van der Waals surface area contributed by atoms with Gasteiger partial charge in [0.2, 0.25) is 0 Å². The van der Waals surface area contributed by atoms with E-state index in [4.69, 9.17) is 0 Å². The normalized spacial score (nSPS) is 26.9. The molecule has 1 aliphatic rings. The molecule has 1 aliphatic heterocycles. The first kappa shape index (κ1) is 6.07. The smallest absolute Gasteiger partial charge is 0.375 e. The Balaban J connectivity index is 2.77. The Morgan fingerprint density at radius 1 is 1.56 bits per heavy atom. The van der Waals surface area contributed by atoms with Crippen molar-refractivity contribution in [3.8, 4) is 0 Å². The van der Waals surface area contributed by atoms with Crippen LogP contribution in [0.4, 0.5) is 4.79 Å². The number of nitrogens with zero attached hydrogens (tertiary/aromatic N) is 1. The van der Waals surface area contributed by atoms with Gasteiger partial charge in [-0.15, -0.1) is 0 Å². The number of hydrogen-bond acceptors (Lipinski definition) is 3. The molecule has 0 aliphatic carbocycles. The topological polar surface area (TPSA) is 46.6 Å². The number of likely N-dealkylation sites (N-methyl/N-ethyl adjacent to an activating group) is 1. The van der Waals surface area contributed by atoms with Crippen molar-refractivity contribution in [2.24, 2.45) is 0 Å². The first-order chi connectivity index (χ1) is 4.13. The highest BCUT2D eigenvalue weighted by atomic mass is 16.6. The lowest BCUT2D eigenvalue weighted by molar-refractivity contribution is -0.135. The lowest BCUT2D eigenvalue weighted by Crippen LogP contribution is -2.27. The Hall–Kier alpha value is -1.06. The number of cyclic esters (lactones) is 2. The maximum absolute atomic E-state index is 10.5. The molecule has 0 saturated carbocycles. The van der Waals surface area contributed by atoms with Gasteiger partial charge < -0.3 is 4.74 Å². The minimum Gasteiger partial charge on any atom is -0.375 e. The third kappa shape index (κ3) is 0.759. The molecule has 0 aromatic rings. The second kappa shape index (κ2) is 1.72.